The SMILES string of the molecule is CC(NCC(=O)NC(N)=O)C1CC1. The Morgan fingerprint density at radius 2 is 2.15 bits per heavy atom. The van der Waals surface area contributed by atoms with Gasteiger partial charge in [-0.05, 0) is 25.7 Å². The second kappa shape index (κ2) is 4.23. The number of rotatable bonds is 4. The number of carbonyl (C=O) groups is 2. The lowest BCUT2D eigenvalue weighted by Gasteiger charge is -2.11. The van der Waals surface area contributed by atoms with Crippen LogP contribution in [0.4, 0.5) is 4.79 Å². The van der Waals surface area contributed by atoms with E-state index in [4.69, 9.17) is 5.73 Å². The van der Waals surface area contributed by atoms with Crippen LogP contribution in [-0.4, -0.2) is 24.5 Å². The standard InChI is InChI=1S/C8H15N3O2/c1-5(6-2-3-6)10-4-7(12)11-8(9)13/h5-6,10H,2-4H2,1H3,(H3,9,11,12,13). The van der Waals surface area contributed by atoms with E-state index in [2.05, 4.69) is 5.32 Å². The average molecular weight is 185 g/mol. The molecule has 0 bridgehead atoms. The van der Waals surface area contributed by atoms with E-state index in [1.165, 1.54) is 12.8 Å². The van der Waals surface area contributed by atoms with Gasteiger partial charge in [-0.2, -0.15) is 0 Å². The van der Waals surface area contributed by atoms with E-state index in [9.17, 15) is 9.59 Å². The smallest absolute Gasteiger partial charge is 0.318 e. The Balaban J connectivity index is 2.10. The third-order valence-electron chi connectivity index (χ3n) is 2.18. The molecule has 3 amide bonds. The highest BCUT2D eigenvalue weighted by molar-refractivity contribution is 5.94. The number of nitrogens with two attached hydrogens (primary N) is 1. The van der Waals surface area contributed by atoms with Crippen LogP contribution in [0.1, 0.15) is 19.8 Å². The third kappa shape index (κ3) is 3.89. The van der Waals surface area contributed by atoms with Crippen LogP contribution < -0.4 is 16.4 Å². The lowest BCUT2D eigenvalue weighted by Crippen LogP contribution is -2.43. The topological polar surface area (TPSA) is 84.2 Å². The van der Waals surface area contributed by atoms with Crippen molar-refractivity contribution >= 4 is 11.9 Å². The van der Waals surface area contributed by atoms with Crippen LogP contribution in [0.15, 0.2) is 0 Å². The van der Waals surface area contributed by atoms with Gasteiger partial charge in [-0.3, -0.25) is 10.1 Å². The largest absolute Gasteiger partial charge is 0.351 e. The Bertz CT molecular complexity index is 213. The second-order valence-corrected chi connectivity index (χ2v) is 3.42. The van der Waals surface area contributed by atoms with Gasteiger partial charge in [-0.25, -0.2) is 4.79 Å². The molecule has 1 unspecified atom stereocenters. The molecule has 0 saturated heterocycles. The van der Waals surface area contributed by atoms with Gasteiger partial charge in [0.1, 0.15) is 0 Å². The van der Waals surface area contributed by atoms with Crippen LogP contribution in [0.25, 0.3) is 0 Å². The molecule has 0 spiro atoms. The van der Waals surface area contributed by atoms with Gasteiger partial charge < -0.3 is 11.1 Å². The molecule has 5 nitrogen and oxygen atoms in total. The summed E-state index contributed by atoms with van der Waals surface area (Å²) in [7, 11) is 0. The van der Waals surface area contributed by atoms with Gasteiger partial charge in [-0.15, -0.1) is 0 Å². The van der Waals surface area contributed by atoms with Crippen molar-refractivity contribution in [3.05, 3.63) is 0 Å². The zero-order valence-electron chi connectivity index (χ0n) is 7.67. The summed E-state index contributed by atoms with van der Waals surface area (Å²) in [6.45, 7) is 2.19. The van der Waals surface area contributed by atoms with E-state index in [1.807, 2.05) is 12.2 Å². The molecule has 0 aromatic heterocycles. The van der Waals surface area contributed by atoms with Gasteiger partial charge in [0.05, 0.1) is 6.54 Å². The molecule has 74 valence electrons. The molecular formula is C8H15N3O2. The Kier molecular flexibility index (Phi) is 3.25. The molecule has 13 heavy (non-hydrogen) atoms. The van der Waals surface area contributed by atoms with Crippen LogP contribution in [0.3, 0.4) is 0 Å². The van der Waals surface area contributed by atoms with Crippen LogP contribution in [0.2, 0.25) is 0 Å². The van der Waals surface area contributed by atoms with Crippen molar-refractivity contribution in [2.24, 2.45) is 11.7 Å². The first kappa shape index (κ1) is 9.98. The molecule has 1 aliphatic carbocycles. The fraction of sp³-hybridized carbons (Fsp3) is 0.750. The number of hydrogen-bond acceptors (Lipinski definition) is 3. The highest BCUT2D eigenvalue weighted by atomic mass is 16.2. The maximum absolute atomic E-state index is 10.9. The molecule has 1 saturated carbocycles. The molecule has 4 N–H and O–H groups in total. The molecule has 5 heteroatoms. The van der Waals surface area contributed by atoms with Gasteiger partial charge in [0.25, 0.3) is 0 Å². The molecule has 0 radical (unpaired) electrons. The maximum Gasteiger partial charge on any atom is 0.318 e. The number of urea groups is 1. The molecular weight excluding hydrogens is 170 g/mol. The second-order valence-electron chi connectivity index (χ2n) is 3.42. The molecule has 1 rings (SSSR count). The highest BCUT2D eigenvalue weighted by Crippen LogP contribution is 2.32. The zero-order valence-corrected chi connectivity index (χ0v) is 7.67. The third-order valence-corrected chi connectivity index (χ3v) is 2.18. The molecule has 0 aromatic rings. The molecule has 1 fully saturated rings. The summed E-state index contributed by atoms with van der Waals surface area (Å²) in [6.07, 6.45) is 2.46. The molecule has 0 aliphatic heterocycles. The van der Waals surface area contributed by atoms with E-state index >= 15 is 0 Å². The normalized spacial score (nSPS) is 17.9. The fourth-order valence-corrected chi connectivity index (χ4v) is 1.20. The summed E-state index contributed by atoms with van der Waals surface area (Å²) in [5, 5.41) is 5.02. The summed E-state index contributed by atoms with van der Waals surface area (Å²) < 4.78 is 0. The van der Waals surface area contributed by atoms with Gasteiger partial charge in [0.2, 0.25) is 5.91 Å². The van der Waals surface area contributed by atoms with E-state index in [1.54, 1.807) is 0 Å². The van der Waals surface area contributed by atoms with Crippen molar-refractivity contribution in [2.75, 3.05) is 6.54 Å². The van der Waals surface area contributed by atoms with Crippen LogP contribution in [0, 0.1) is 5.92 Å². The summed E-state index contributed by atoms with van der Waals surface area (Å²) in [6, 6.07) is -0.454. The number of carbonyl (C=O) groups excluding carboxylic acids is 2. The average Bonchev–Trinajstić information content (AvgIpc) is 2.80. The first-order chi connectivity index (χ1) is 6.09. The van der Waals surface area contributed by atoms with Gasteiger partial charge in [-0.1, -0.05) is 0 Å². The van der Waals surface area contributed by atoms with Crippen molar-refractivity contribution in [2.45, 2.75) is 25.8 Å². The monoisotopic (exact) mass is 185 g/mol. The molecule has 1 aliphatic rings. The summed E-state index contributed by atoms with van der Waals surface area (Å²) in [5.74, 6) is 0.321. The minimum absolute atomic E-state index is 0.153. The van der Waals surface area contributed by atoms with E-state index in [-0.39, 0.29) is 12.5 Å². The van der Waals surface area contributed by atoms with E-state index < -0.39 is 6.03 Å². The molecule has 0 aromatic carbocycles. The van der Waals surface area contributed by atoms with Crippen molar-refractivity contribution in [1.82, 2.24) is 10.6 Å². The van der Waals surface area contributed by atoms with E-state index in [0.29, 0.717) is 12.0 Å². The number of hydrogen-bond donors (Lipinski definition) is 3. The van der Waals surface area contributed by atoms with Crippen molar-refractivity contribution in [3.8, 4) is 0 Å². The number of nitrogens with one attached hydrogen (secondary N) is 2. The first-order valence-electron chi connectivity index (χ1n) is 4.42. The predicted molar refractivity (Wildman–Crippen MR) is 47.9 cm³/mol. The molecule has 1 atom stereocenters. The minimum atomic E-state index is -0.800. The molecule has 0 heterocycles. The maximum atomic E-state index is 10.9. The number of amides is 3. The summed E-state index contributed by atoms with van der Waals surface area (Å²) in [4.78, 5) is 21.2. The van der Waals surface area contributed by atoms with Gasteiger partial charge in [0, 0.05) is 6.04 Å². The van der Waals surface area contributed by atoms with Crippen LogP contribution >= 0.6 is 0 Å². The Morgan fingerprint density at radius 3 is 2.62 bits per heavy atom. The van der Waals surface area contributed by atoms with Crippen LogP contribution in [-0.2, 0) is 4.79 Å². The van der Waals surface area contributed by atoms with E-state index in [0.717, 1.165) is 0 Å². The fourth-order valence-electron chi connectivity index (χ4n) is 1.20. The van der Waals surface area contributed by atoms with Gasteiger partial charge >= 0.3 is 6.03 Å². The van der Waals surface area contributed by atoms with Crippen molar-refractivity contribution < 1.29 is 9.59 Å². The van der Waals surface area contributed by atoms with Crippen molar-refractivity contribution in [3.63, 3.8) is 0 Å². The lowest BCUT2D eigenvalue weighted by molar-refractivity contribution is -0.119. The predicted octanol–water partition coefficient (Wildman–Crippen LogP) is -0.431. The minimum Gasteiger partial charge on any atom is -0.351 e. The van der Waals surface area contributed by atoms with Gasteiger partial charge in [0.15, 0.2) is 0 Å². The number of primary amides is 1. The Morgan fingerprint density at radius 1 is 1.54 bits per heavy atom. The number of imide groups is 1. The Hall–Kier alpha value is -1.10. The van der Waals surface area contributed by atoms with Crippen molar-refractivity contribution in [1.29, 1.82) is 0 Å². The summed E-state index contributed by atoms with van der Waals surface area (Å²) in [5.41, 5.74) is 4.77. The Labute approximate surface area is 77.1 Å². The zero-order chi connectivity index (χ0) is 9.84. The summed E-state index contributed by atoms with van der Waals surface area (Å²) >= 11 is 0. The van der Waals surface area contributed by atoms with Crippen LogP contribution in [0.5, 0.6) is 0 Å². The first-order valence-corrected chi connectivity index (χ1v) is 4.42. The highest BCUT2D eigenvalue weighted by Gasteiger charge is 2.27. The quantitative estimate of drug-likeness (QED) is 0.555. The lowest BCUT2D eigenvalue weighted by atomic mass is 10.2.